The van der Waals surface area contributed by atoms with Crippen LogP contribution in [-0.4, -0.2) is 24.8 Å². The molecule has 4 nitrogen and oxygen atoms in total. The van der Waals surface area contributed by atoms with Gasteiger partial charge in [-0.15, -0.1) is 0 Å². The Labute approximate surface area is 155 Å². The Morgan fingerprint density at radius 2 is 2.16 bits per heavy atom. The van der Waals surface area contributed by atoms with E-state index >= 15 is 0 Å². The number of rotatable bonds is 2. The number of carbonyl (C=O) groups is 1. The number of benzene rings is 2. The molecule has 1 aliphatic heterocycles. The van der Waals surface area contributed by atoms with Crippen molar-refractivity contribution in [3.05, 3.63) is 57.6 Å². The molecule has 1 N–H and O–H groups in total. The molecule has 0 saturated heterocycles. The lowest BCUT2D eigenvalue weighted by atomic mass is 9.98. The van der Waals surface area contributed by atoms with Crippen LogP contribution in [0, 0.1) is 0 Å². The molecule has 5 heteroatoms. The number of aryl methyl sites for hydroxylation is 1. The highest BCUT2D eigenvalue weighted by molar-refractivity contribution is 9.10. The molecule has 0 bridgehead atoms. The smallest absolute Gasteiger partial charge is 0.306 e. The van der Waals surface area contributed by atoms with Crippen molar-refractivity contribution in [2.75, 3.05) is 13.7 Å². The average Bonchev–Trinajstić information content (AvgIpc) is 3.23. The number of carbonyl (C=O) groups excluding carboxylic acids is 1. The van der Waals surface area contributed by atoms with Crippen molar-refractivity contribution >= 4 is 21.9 Å². The summed E-state index contributed by atoms with van der Waals surface area (Å²) in [6.07, 6.45) is 4.18. The summed E-state index contributed by atoms with van der Waals surface area (Å²) in [4.78, 5) is 11.1. The quantitative estimate of drug-likeness (QED) is 0.754. The van der Waals surface area contributed by atoms with Gasteiger partial charge in [-0.05, 0) is 42.5 Å². The maximum Gasteiger partial charge on any atom is 0.306 e. The van der Waals surface area contributed by atoms with Crippen LogP contribution in [0.3, 0.4) is 0 Å². The fourth-order valence-electron chi connectivity index (χ4n) is 3.29. The lowest BCUT2D eigenvalue weighted by molar-refractivity contribution is -0.141. The number of hydrogen-bond donors (Lipinski definition) is 1. The van der Waals surface area contributed by atoms with Crippen molar-refractivity contribution in [1.29, 1.82) is 0 Å². The summed E-state index contributed by atoms with van der Waals surface area (Å²) >= 11 is 3.55. The van der Waals surface area contributed by atoms with Gasteiger partial charge in [0, 0.05) is 22.0 Å². The van der Waals surface area contributed by atoms with E-state index in [4.69, 9.17) is 4.74 Å². The molecule has 0 radical (unpaired) electrons. The first-order chi connectivity index (χ1) is 12.1. The van der Waals surface area contributed by atoms with Gasteiger partial charge in [-0.1, -0.05) is 34.1 Å². The third-order valence-corrected chi connectivity index (χ3v) is 5.35. The fraction of sp³-hybridized carbons (Fsp3) is 0.350. The van der Waals surface area contributed by atoms with E-state index in [9.17, 15) is 9.90 Å². The van der Waals surface area contributed by atoms with Crippen LogP contribution in [0.4, 0.5) is 0 Å². The van der Waals surface area contributed by atoms with Crippen LogP contribution in [0.15, 0.2) is 40.9 Å². The van der Waals surface area contributed by atoms with E-state index in [1.807, 2.05) is 0 Å². The minimum absolute atomic E-state index is 0.0352. The number of aromatic hydroxyl groups is 1. The van der Waals surface area contributed by atoms with Crippen molar-refractivity contribution in [2.24, 2.45) is 0 Å². The molecule has 0 aromatic heterocycles. The lowest BCUT2D eigenvalue weighted by Crippen LogP contribution is -2.09. The molecule has 2 aliphatic rings. The van der Waals surface area contributed by atoms with E-state index in [2.05, 4.69) is 38.9 Å². The SMILES string of the molecule is Brc1cccc2c1CCC2.COC(=O)CC1COc2cc(O)ccc21. The van der Waals surface area contributed by atoms with Crippen LogP contribution in [0.2, 0.25) is 0 Å². The number of phenolic OH excluding ortho intramolecular Hbond substituents is 1. The van der Waals surface area contributed by atoms with Gasteiger partial charge in [-0.2, -0.15) is 0 Å². The number of ether oxygens (including phenoxy) is 2. The second-order valence-electron chi connectivity index (χ2n) is 6.24. The fourth-order valence-corrected chi connectivity index (χ4v) is 3.90. The van der Waals surface area contributed by atoms with E-state index in [0.29, 0.717) is 18.8 Å². The number of hydrogen-bond acceptors (Lipinski definition) is 4. The standard InChI is InChI=1S/C11H12O4.C9H9Br/c1-14-11(13)4-7-6-15-10-5-8(12)2-3-9(7)10;10-9-6-2-4-7-3-1-5-8(7)9/h2-3,5,7,12H,4,6H2,1H3;2,4,6H,1,3,5H2. The van der Waals surface area contributed by atoms with E-state index in [1.54, 1.807) is 18.2 Å². The molecule has 2 aromatic rings. The molecule has 132 valence electrons. The van der Waals surface area contributed by atoms with E-state index in [0.717, 1.165) is 5.56 Å². The first-order valence-electron chi connectivity index (χ1n) is 8.37. The monoisotopic (exact) mass is 404 g/mol. The zero-order chi connectivity index (χ0) is 17.8. The zero-order valence-corrected chi connectivity index (χ0v) is 15.7. The average molecular weight is 405 g/mol. The van der Waals surface area contributed by atoms with Gasteiger partial charge in [0.05, 0.1) is 20.1 Å². The molecule has 1 heterocycles. The Morgan fingerprint density at radius 3 is 2.92 bits per heavy atom. The molecular weight excluding hydrogens is 384 g/mol. The van der Waals surface area contributed by atoms with Gasteiger partial charge in [0.1, 0.15) is 11.5 Å². The summed E-state index contributed by atoms with van der Waals surface area (Å²) in [5, 5.41) is 9.24. The van der Waals surface area contributed by atoms with Gasteiger partial charge < -0.3 is 14.6 Å². The predicted molar refractivity (Wildman–Crippen MR) is 99.1 cm³/mol. The molecule has 1 unspecified atom stereocenters. The molecule has 0 spiro atoms. The molecule has 0 fully saturated rings. The van der Waals surface area contributed by atoms with Gasteiger partial charge in [0.25, 0.3) is 0 Å². The second-order valence-corrected chi connectivity index (χ2v) is 7.10. The number of fused-ring (bicyclic) bond motifs is 2. The first kappa shape index (κ1) is 17.8. The predicted octanol–water partition coefficient (Wildman–Crippen LogP) is 4.37. The number of methoxy groups -OCH3 is 1. The van der Waals surface area contributed by atoms with Gasteiger partial charge in [0.15, 0.2) is 0 Å². The van der Waals surface area contributed by atoms with Crippen molar-refractivity contribution in [3.63, 3.8) is 0 Å². The largest absolute Gasteiger partial charge is 0.508 e. The Bertz CT molecular complexity index is 772. The Morgan fingerprint density at radius 1 is 1.32 bits per heavy atom. The second kappa shape index (κ2) is 7.91. The van der Waals surface area contributed by atoms with Crippen molar-refractivity contribution < 1.29 is 19.4 Å². The van der Waals surface area contributed by atoms with E-state index < -0.39 is 0 Å². The van der Waals surface area contributed by atoms with Crippen molar-refractivity contribution in [1.82, 2.24) is 0 Å². The molecule has 1 atom stereocenters. The molecule has 2 aromatic carbocycles. The highest BCUT2D eigenvalue weighted by atomic mass is 79.9. The van der Waals surface area contributed by atoms with Gasteiger partial charge in [-0.25, -0.2) is 0 Å². The molecule has 25 heavy (non-hydrogen) atoms. The maximum absolute atomic E-state index is 11.1. The van der Waals surface area contributed by atoms with Crippen LogP contribution in [0.25, 0.3) is 0 Å². The minimum Gasteiger partial charge on any atom is -0.508 e. The maximum atomic E-state index is 11.1. The zero-order valence-electron chi connectivity index (χ0n) is 14.1. The third kappa shape index (κ3) is 4.15. The number of phenols is 1. The molecule has 1 aliphatic carbocycles. The van der Waals surface area contributed by atoms with Gasteiger partial charge in [-0.3, -0.25) is 4.79 Å². The Balaban J connectivity index is 0.000000157. The normalized spacial score (nSPS) is 17.0. The Hall–Kier alpha value is -2.01. The highest BCUT2D eigenvalue weighted by Crippen LogP contribution is 2.38. The van der Waals surface area contributed by atoms with Crippen LogP contribution < -0.4 is 4.74 Å². The first-order valence-corrected chi connectivity index (χ1v) is 9.16. The van der Waals surface area contributed by atoms with Gasteiger partial charge >= 0.3 is 5.97 Å². The summed E-state index contributed by atoms with van der Waals surface area (Å²) in [5.74, 6) is 0.619. The summed E-state index contributed by atoms with van der Waals surface area (Å²) in [5.41, 5.74) is 4.02. The molecule has 4 rings (SSSR count). The lowest BCUT2D eigenvalue weighted by Gasteiger charge is -2.06. The van der Waals surface area contributed by atoms with Gasteiger partial charge in [0.2, 0.25) is 0 Å². The molecular formula is C20H21BrO4. The molecule has 0 amide bonds. The van der Waals surface area contributed by atoms with Crippen molar-refractivity contribution in [3.8, 4) is 11.5 Å². The van der Waals surface area contributed by atoms with Crippen molar-refractivity contribution in [2.45, 2.75) is 31.6 Å². The summed E-state index contributed by atoms with van der Waals surface area (Å²) in [6, 6.07) is 11.4. The number of esters is 1. The minimum atomic E-state index is -0.246. The van der Waals surface area contributed by atoms with Crippen LogP contribution in [0.5, 0.6) is 11.5 Å². The Kier molecular flexibility index (Phi) is 5.63. The van der Waals surface area contributed by atoms with E-state index in [-0.39, 0.29) is 17.6 Å². The summed E-state index contributed by atoms with van der Waals surface area (Å²) in [7, 11) is 1.37. The summed E-state index contributed by atoms with van der Waals surface area (Å²) < 4.78 is 11.3. The third-order valence-electron chi connectivity index (χ3n) is 4.61. The molecule has 0 saturated carbocycles. The van der Waals surface area contributed by atoms with Crippen LogP contribution >= 0.6 is 15.9 Å². The summed E-state index contributed by atoms with van der Waals surface area (Å²) in [6.45, 7) is 0.466. The highest BCUT2D eigenvalue weighted by Gasteiger charge is 2.26. The topological polar surface area (TPSA) is 55.8 Å². The van der Waals surface area contributed by atoms with Crippen LogP contribution in [0.1, 0.15) is 35.4 Å². The van der Waals surface area contributed by atoms with E-state index in [1.165, 1.54) is 42.0 Å². The van der Waals surface area contributed by atoms with Crippen LogP contribution in [-0.2, 0) is 22.4 Å². The number of halogens is 1.